The Hall–Kier alpha value is -3.26. The largest absolute Gasteiger partial charge is 0.468 e. The maximum absolute atomic E-state index is 12.6. The van der Waals surface area contributed by atoms with Crippen LogP contribution in [0.5, 0.6) is 11.5 Å². The Labute approximate surface area is 206 Å². The molecule has 2 aliphatic heterocycles. The predicted molar refractivity (Wildman–Crippen MR) is 134 cm³/mol. The average molecular weight is 482 g/mol. The van der Waals surface area contributed by atoms with Crippen LogP contribution in [0.1, 0.15) is 49.0 Å². The van der Waals surface area contributed by atoms with Gasteiger partial charge in [-0.1, -0.05) is 26.3 Å². The second kappa shape index (κ2) is 11.4. The zero-order valence-corrected chi connectivity index (χ0v) is 20.7. The first-order valence-corrected chi connectivity index (χ1v) is 12.3. The highest BCUT2D eigenvalue weighted by atomic mass is 16.7. The summed E-state index contributed by atoms with van der Waals surface area (Å²) in [6.45, 7) is 6.60. The Morgan fingerprint density at radius 3 is 2.49 bits per heavy atom. The van der Waals surface area contributed by atoms with Crippen molar-refractivity contribution in [2.45, 2.75) is 51.7 Å². The van der Waals surface area contributed by atoms with E-state index < -0.39 is 0 Å². The molecule has 0 radical (unpaired) electrons. The van der Waals surface area contributed by atoms with Crippen LogP contribution >= 0.6 is 0 Å². The molecule has 0 aliphatic carbocycles. The SMILES string of the molecule is CC[C@H](C)[C@H](NC1CCN(c2ccc(C(=O)NCc3ccc4c(c3)OCO4)cc2)CC1)C(=O)OC. The van der Waals surface area contributed by atoms with Crippen LogP contribution in [-0.4, -0.2) is 51.0 Å². The van der Waals surface area contributed by atoms with Gasteiger partial charge in [0, 0.05) is 36.9 Å². The molecule has 2 aromatic rings. The van der Waals surface area contributed by atoms with Crippen LogP contribution in [0.2, 0.25) is 0 Å². The van der Waals surface area contributed by atoms with Crippen molar-refractivity contribution in [1.29, 1.82) is 0 Å². The molecule has 0 spiro atoms. The van der Waals surface area contributed by atoms with Gasteiger partial charge in [0.25, 0.3) is 5.91 Å². The number of carbonyl (C=O) groups excluding carboxylic acids is 2. The lowest BCUT2D eigenvalue weighted by atomic mass is 9.96. The first-order chi connectivity index (χ1) is 17.0. The average Bonchev–Trinajstić information content (AvgIpc) is 3.38. The molecule has 4 rings (SSSR count). The first-order valence-electron chi connectivity index (χ1n) is 12.3. The molecule has 1 fully saturated rings. The standard InChI is InChI=1S/C27H35N3O5/c1-4-18(2)25(27(32)33-3)29-21-11-13-30(14-12-21)22-8-6-20(7-9-22)26(31)28-16-19-5-10-23-24(15-19)35-17-34-23/h5-10,15,18,21,25,29H,4,11-14,16-17H2,1-3H3,(H,28,31)/t18-,25-/m0/s1. The molecule has 2 atom stereocenters. The van der Waals surface area contributed by atoms with E-state index in [0.717, 1.165) is 49.4 Å². The topological polar surface area (TPSA) is 89.1 Å². The number of piperidine rings is 1. The number of methoxy groups -OCH3 is 1. The zero-order chi connectivity index (χ0) is 24.8. The van der Waals surface area contributed by atoms with Gasteiger partial charge in [-0.25, -0.2) is 0 Å². The molecule has 2 aromatic carbocycles. The monoisotopic (exact) mass is 481 g/mol. The number of rotatable bonds is 9. The number of esters is 1. The van der Waals surface area contributed by atoms with Crippen LogP contribution in [-0.2, 0) is 16.1 Å². The third-order valence-corrected chi connectivity index (χ3v) is 6.96. The number of carbonyl (C=O) groups is 2. The molecule has 0 saturated carbocycles. The highest BCUT2D eigenvalue weighted by Crippen LogP contribution is 2.32. The van der Waals surface area contributed by atoms with Crippen molar-refractivity contribution >= 4 is 17.6 Å². The van der Waals surface area contributed by atoms with Crippen molar-refractivity contribution in [3.8, 4) is 11.5 Å². The fraction of sp³-hybridized carbons (Fsp3) is 0.481. The molecule has 2 N–H and O–H groups in total. The van der Waals surface area contributed by atoms with Crippen molar-refractivity contribution < 1.29 is 23.8 Å². The van der Waals surface area contributed by atoms with Gasteiger partial charge in [0.05, 0.1) is 7.11 Å². The van der Waals surface area contributed by atoms with Crippen LogP contribution < -0.4 is 25.0 Å². The molecule has 188 valence electrons. The minimum Gasteiger partial charge on any atom is -0.468 e. The van der Waals surface area contributed by atoms with Crippen LogP contribution in [0.25, 0.3) is 0 Å². The van der Waals surface area contributed by atoms with Crippen LogP contribution in [0.3, 0.4) is 0 Å². The van der Waals surface area contributed by atoms with Crippen LogP contribution in [0, 0.1) is 5.92 Å². The number of benzene rings is 2. The molecule has 8 heteroatoms. The minimum absolute atomic E-state index is 0.115. The van der Waals surface area contributed by atoms with Crippen molar-refractivity contribution in [2.75, 3.05) is 31.9 Å². The van der Waals surface area contributed by atoms with Gasteiger partial charge in [0.15, 0.2) is 11.5 Å². The second-order valence-electron chi connectivity index (χ2n) is 9.23. The van der Waals surface area contributed by atoms with Crippen molar-refractivity contribution in [1.82, 2.24) is 10.6 Å². The lowest BCUT2D eigenvalue weighted by molar-refractivity contribution is -0.144. The summed E-state index contributed by atoms with van der Waals surface area (Å²) in [5.74, 6) is 1.37. The van der Waals surface area contributed by atoms with Gasteiger partial charge in [0.2, 0.25) is 6.79 Å². The number of nitrogens with one attached hydrogen (secondary N) is 2. The normalized spacial score (nSPS) is 17.1. The maximum Gasteiger partial charge on any atom is 0.323 e. The summed E-state index contributed by atoms with van der Waals surface area (Å²) in [5.41, 5.74) is 2.68. The van der Waals surface area contributed by atoms with Crippen LogP contribution in [0.15, 0.2) is 42.5 Å². The maximum atomic E-state index is 12.6. The lowest BCUT2D eigenvalue weighted by Gasteiger charge is -2.36. The van der Waals surface area contributed by atoms with Gasteiger partial charge in [-0.2, -0.15) is 0 Å². The fourth-order valence-corrected chi connectivity index (χ4v) is 4.54. The van der Waals surface area contributed by atoms with Crippen molar-refractivity contribution in [2.24, 2.45) is 5.92 Å². The molecule has 0 aromatic heterocycles. The molecule has 8 nitrogen and oxygen atoms in total. The number of ether oxygens (including phenoxy) is 3. The molecule has 2 heterocycles. The van der Waals surface area contributed by atoms with Gasteiger partial charge in [-0.15, -0.1) is 0 Å². The van der Waals surface area contributed by atoms with E-state index in [1.165, 1.54) is 7.11 Å². The second-order valence-corrected chi connectivity index (χ2v) is 9.23. The van der Waals surface area contributed by atoms with Crippen LogP contribution in [0.4, 0.5) is 5.69 Å². The van der Waals surface area contributed by atoms with E-state index in [-0.39, 0.29) is 36.7 Å². The van der Waals surface area contributed by atoms with E-state index in [2.05, 4.69) is 29.4 Å². The number of nitrogens with zero attached hydrogens (tertiary/aromatic N) is 1. The Balaban J connectivity index is 1.26. The fourth-order valence-electron chi connectivity index (χ4n) is 4.54. The predicted octanol–water partition coefficient (Wildman–Crippen LogP) is 3.49. The van der Waals surface area contributed by atoms with Gasteiger partial charge >= 0.3 is 5.97 Å². The van der Waals surface area contributed by atoms with E-state index in [4.69, 9.17) is 14.2 Å². The number of hydrogen-bond donors (Lipinski definition) is 2. The van der Waals surface area contributed by atoms with Crippen molar-refractivity contribution in [3.05, 3.63) is 53.6 Å². The summed E-state index contributed by atoms with van der Waals surface area (Å²) >= 11 is 0. The van der Waals surface area contributed by atoms with Gasteiger partial charge < -0.3 is 29.7 Å². The molecule has 1 saturated heterocycles. The Morgan fingerprint density at radius 1 is 1.09 bits per heavy atom. The quantitative estimate of drug-likeness (QED) is 0.530. The summed E-state index contributed by atoms with van der Waals surface area (Å²) < 4.78 is 15.7. The van der Waals surface area contributed by atoms with Gasteiger partial charge in [-0.05, 0) is 60.7 Å². The van der Waals surface area contributed by atoms with E-state index in [9.17, 15) is 9.59 Å². The third-order valence-electron chi connectivity index (χ3n) is 6.96. The Bertz CT molecular complexity index is 1020. The molecule has 0 unspecified atom stereocenters. The molecule has 1 amide bonds. The number of anilines is 1. The molecular formula is C27H35N3O5. The molecular weight excluding hydrogens is 446 g/mol. The van der Waals surface area contributed by atoms with E-state index >= 15 is 0 Å². The van der Waals surface area contributed by atoms with Gasteiger partial charge in [-0.3, -0.25) is 9.59 Å². The third kappa shape index (κ3) is 6.06. The minimum atomic E-state index is -0.267. The summed E-state index contributed by atoms with van der Waals surface area (Å²) in [6, 6.07) is 13.4. The van der Waals surface area contributed by atoms with E-state index in [1.807, 2.05) is 42.5 Å². The van der Waals surface area contributed by atoms with Crippen molar-refractivity contribution in [3.63, 3.8) is 0 Å². The van der Waals surface area contributed by atoms with Gasteiger partial charge in [0.1, 0.15) is 6.04 Å². The number of fused-ring (bicyclic) bond motifs is 1. The summed E-state index contributed by atoms with van der Waals surface area (Å²) in [5, 5.41) is 6.49. The lowest BCUT2D eigenvalue weighted by Crippen LogP contribution is -2.51. The smallest absolute Gasteiger partial charge is 0.323 e. The van der Waals surface area contributed by atoms with E-state index in [0.29, 0.717) is 17.9 Å². The zero-order valence-electron chi connectivity index (χ0n) is 20.7. The summed E-state index contributed by atoms with van der Waals surface area (Å²) in [4.78, 5) is 27.1. The van der Waals surface area contributed by atoms with E-state index in [1.54, 1.807) is 0 Å². The molecule has 2 aliphatic rings. The highest BCUT2D eigenvalue weighted by Gasteiger charge is 2.29. The highest BCUT2D eigenvalue weighted by molar-refractivity contribution is 5.94. The molecule has 0 bridgehead atoms. The number of amides is 1. The molecule has 35 heavy (non-hydrogen) atoms. The Kier molecular flexibility index (Phi) is 8.13. The first kappa shape index (κ1) is 24.9. The number of hydrogen-bond acceptors (Lipinski definition) is 7. The summed E-state index contributed by atoms with van der Waals surface area (Å²) in [6.07, 6.45) is 2.81. The summed E-state index contributed by atoms with van der Waals surface area (Å²) in [7, 11) is 1.45. The Morgan fingerprint density at radius 2 is 1.80 bits per heavy atom.